The van der Waals surface area contributed by atoms with Gasteiger partial charge in [-0.15, -0.1) is 0 Å². The van der Waals surface area contributed by atoms with E-state index in [-0.39, 0.29) is 12.1 Å². The molecule has 1 amide bonds. The van der Waals surface area contributed by atoms with E-state index in [0.29, 0.717) is 46.2 Å². The predicted octanol–water partition coefficient (Wildman–Crippen LogP) is 5.98. The zero-order valence-electron chi connectivity index (χ0n) is 21.3. The van der Waals surface area contributed by atoms with Crippen molar-refractivity contribution in [2.24, 2.45) is 0 Å². The van der Waals surface area contributed by atoms with E-state index in [9.17, 15) is 10.1 Å². The molecular formula is C29H29BrN2O5. The van der Waals surface area contributed by atoms with E-state index in [1.807, 2.05) is 38.1 Å². The number of aryl methyl sites for hydroxylation is 1. The van der Waals surface area contributed by atoms with Gasteiger partial charge in [-0.3, -0.25) is 4.79 Å². The Balaban J connectivity index is 1.79. The molecule has 0 radical (unpaired) electrons. The number of hydrogen-bond acceptors (Lipinski definition) is 6. The molecule has 0 unspecified atom stereocenters. The summed E-state index contributed by atoms with van der Waals surface area (Å²) in [6, 6.07) is 18.9. The Hall–Kier alpha value is -3.96. The smallest absolute Gasteiger partial charge is 0.262 e. The standard InChI is InChI=1S/C29H29BrN2O5/c1-5-36-27-13-22(25(30)15-28(27)37-18-20-8-6-7-19(2)11-20)12-23(16-31)29(33)32-17-21-9-10-24(34-3)14-26(21)35-4/h6-15H,5,17-18H2,1-4H3,(H,32,33)/b23-12+. The summed E-state index contributed by atoms with van der Waals surface area (Å²) in [6.45, 7) is 4.90. The number of ether oxygens (including phenoxy) is 4. The fraction of sp³-hybridized carbons (Fsp3) is 0.241. The summed E-state index contributed by atoms with van der Waals surface area (Å²) in [7, 11) is 3.11. The van der Waals surface area contributed by atoms with E-state index >= 15 is 0 Å². The van der Waals surface area contributed by atoms with Gasteiger partial charge in [0.2, 0.25) is 0 Å². The Morgan fingerprint density at radius 1 is 1.03 bits per heavy atom. The Morgan fingerprint density at radius 3 is 2.49 bits per heavy atom. The fourth-order valence-corrected chi connectivity index (χ4v) is 4.02. The predicted molar refractivity (Wildman–Crippen MR) is 146 cm³/mol. The molecule has 192 valence electrons. The molecule has 0 atom stereocenters. The second-order valence-corrected chi connectivity index (χ2v) is 8.92. The Morgan fingerprint density at radius 2 is 1.81 bits per heavy atom. The molecule has 0 spiro atoms. The molecule has 37 heavy (non-hydrogen) atoms. The lowest BCUT2D eigenvalue weighted by atomic mass is 10.1. The van der Waals surface area contributed by atoms with Crippen LogP contribution in [0.3, 0.4) is 0 Å². The molecule has 1 N–H and O–H groups in total. The van der Waals surface area contributed by atoms with Gasteiger partial charge in [0.15, 0.2) is 11.5 Å². The molecule has 8 heteroatoms. The second kappa shape index (κ2) is 13.4. The summed E-state index contributed by atoms with van der Waals surface area (Å²) in [5.41, 5.74) is 3.51. The molecule has 3 aromatic carbocycles. The first-order valence-corrected chi connectivity index (χ1v) is 12.4. The number of benzene rings is 3. The van der Waals surface area contributed by atoms with Gasteiger partial charge in [-0.1, -0.05) is 45.8 Å². The topological polar surface area (TPSA) is 89.8 Å². The maximum absolute atomic E-state index is 12.8. The number of methoxy groups -OCH3 is 2. The highest BCUT2D eigenvalue weighted by molar-refractivity contribution is 9.10. The van der Waals surface area contributed by atoms with Crippen LogP contribution in [0.15, 0.2) is 64.6 Å². The summed E-state index contributed by atoms with van der Waals surface area (Å²) in [4.78, 5) is 12.8. The van der Waals surface area contributed by atoms with E-state index in [1.165, 1.54) is 6.08 Å². The maximum atomic E-state index is 12.8. The zero-order chi connectivity index (χ0) is 26.8. The molecule has 0 aliphatic heterocycles. The van der Waals surface area contributed by atoms with Crippen molar-refractivity contribution in [2.75, 3.05) is 20.8 Å². The number of carbonyl (C=O) groups excluding carboxylic acids is 1. The van der Waals surface area contributed by atoms with Gasteiger partial charge in [0.05, 0.1) is 20.8 Å². The van der Waals surface area contributed by atoms with Crippen molar-refractivity contribution in [3.63, 3.8) is 0 Å². The van der Waals surface area contributed by atoms with Crippen molar-refractivity contribution in [2.45, 2.75) is 27.0 Å². The van der Waals surface area contributed by atoms with Crippen LogP contribution >= 0.6 is 15.9 Å². The average molecular weight is 565 g/mol. The van der Waals surface area contributed by atoms with E-state index < -0.39 is 5.91 Å². The van der Waals surface area contributed by atoms with Crippen molar-refractivity contribution < 1.29 is 23.7 Å². The molecule has 0 aliphatic rings. The molecule has 0 saturated heterocycles. The number of amides is 1. The lowest BCUT2D eigenvalue weighted by molar-refractivity contribution is -0.117. The third kappa shape index (κ3) is 7.51. The molecule has 3 rings (SSSR count). The van der Waals surface area contributed by atoms with Crippen LogP contribution in [0.2, 0.25) is 0 Å². The number of hydrogen-bond donors (Lipinski definition) is 1. The molecular weight excluding hydrogens is 536 g/mol. The van der Waals surface area contributed by atoms with Gasteiger partial charge in [0.1, 0.15) is 29.7 Å². The maximum Gasteiger partial charge on any atom is 0.262 e. The third-order valence-corrected chi connectivity index (χ3v) is 6.13. The number of nitrogens with one attached hydrogen (secondary N) is 1. The summed E-state index contributed by atoms with van der Waals surface area (Å²) in [5, 5.41) is 12.5. The van der Waals surface area contributed by atoms with Gasteiger partial charge in [0, 0.05) is 22.6 Å². The van der Waals surface area contributed by atoms with Crippen LogP contribution in [0, 0.1) is 18.3 Å². The fourth-order valence-electron chi connectivity index (χ4n) is 3.58. The van der Waals surface area contributed by atoms with Crippen LogP contribution < -0.4 is 24.3 Å². The van der Waals surface area contributed by atoms with Crippen molar-refractivity contribution in [1.29, 1.82) is 5.26 Å². The highest BCUT2D eigenvalue weighted by Crippen LogP contribution is 2.35. The largest absolute Gasteiger partial charge is 0.497 e. The van der Waals surface area contributed by atoms with Gasteiger partial charge >= 0.3 is 0 Å². The first kappa shape index (κ1) is 27.6. The van der Waals surface area contributed by atoms with Crippen LogP contribution in [0.5, 0.6) is 23.0 Å². The number of carbonyl (C=O) groups is 1. The first-order chi connectivity index (χ1) is 17.9. The number of nitriles is 1. The quantitative estimate of drug-likeness (QED) is 0.228. The van der Waals surface area contributed by atoms with Crippen LogP contribution in [0.4, 0.5) is 0 Å². The van der Waals surface area contributed by atoms with E-state index in [1.54, 1.807) is 44.6 Å². The minimum atomic E-state index is -0.509. The van der Waals surface area contributed by atoms with Crippen molar-refractivity contribution in [3.8, 4) is 29.1 Å². The van der Waals surface area contributed by atoms with Gasteiger partial charge in [-0.25, -0.2) is 0 Å². The molecule has 7 nitrogen and oxygen atoms in total. The van der Waals surface area contributed by atoms with Crippen LogP contribution in [0.25, 0.3) is 6.08 Å². The molecule has 0 saturated carbocycles. The molecule has 0 fully saturated rings. The summed E-state index contributed by atoms with van der Waals surface area (Å²) < 4.78 is 23.1. The third-order valence-electron chi connectivity index (χ3n) is 5.44. The lowest BCUT2D eigenvalue weighted by Gasteiger charge is -2.14. The van der Waals surface area contributed by atoms with Crippen molar-refractivity contribution in [3.05, 3.63) is 86.9 Å². The van der Waals surface area contributed by atoms with Crippen LogP contribution in [0.1, 0.15) is 29.2 Å². The van der Waals surface area contributed by atoms with Crippen LogP contribution in [-0.4, -0.2) is 26.7 Å². The summed E-state index contributed by atoms with van der Waals surface area (Å²) in [6.07, 6.45) is 1.51. The number of rotatable bonds is 11. The number of halogens is 1. The van der Waals surface area contributed by atoms with Crippen molar-refractivity contribution >= 4 is 27.9 Å². The van der Waals surface area contributed by atoms with Gasteiger partial charge < -0.3 is 24.3 Å². The molecule has 3 aromatic rings. The van der Waals surface area contributed by atoms with Gasteiger partial charge in [-0.2, -0.15) is 5.26 Å². The van der Waals surface area contributed by atoms with Crippen molar-refractivity contribution in [1.82, 2.24) is 5.32 Å². The van der Waals surface area contributed by atoms with Gasteiger partial charge in [-0.05, 0) is 55.3 Å². The zero-order valence-corrected chi connectivity index (χ0v) is 22.8. The number of nitrogens with zero attached hydrogens (tertiary/aromatic N) is 1. The molecule has 0 aliphatic carbocycles. The SMILES string of the molecule is CCOc1cc(/C=C(\C#N)C(=O)NCc2ccc(OC)cc2OC)c(Br)cc1OCc1cccc(C)c1. The van der Waals surface area contributed by atoms with E-state index in [0.717, 1.165) is 16.7 Å². The highest BCUT2D eigenvalue weighted by atomic mass is 79.9. The van der Waals surface area contributed by atoms with E-state index in [4.69, 9.17) is 18.9 Å². The minimum Gasteiger partial charge on any atom is -0.497 e. The Labute approximate surface area is 225 Å². The summed E-state index contributed by atoms with van der Waals surface area (Å²) >= 11 is 3.54. The Kier molecular flexibility index (Phi) is 9.99. The summed E-state index contributed by atoms with van der Waals surface area (Å²) in [5.74, 6) is 1.79. The first-order valence-electron chi connectivity index (χ1n) is 11.6. The van der Waals surface area contributed by atoms with Crippen LogP contribution in [-0.2, 0) is 17.9 Å². The Bertz CT molecular complexity index is 1330. The highest BCUT2D eigenvalue weighted by Gasteiger charge is 2.15. The molecule has 0 aromatic heterocycles. The molecule has 0 bridgehead atoms. The molecule has 0 heterocycles. The normalized spacial score (nSPS) is 10.9. The second-order valence-electron chi connectivity index (χ2n) is 8.06. The van der Waals surface area contributed by atoms with Gasteiger partial charge in [0.25, 0.3) is 5.91 Å². The minimum absolute atomic E-state index is 0.0518. The van der Waals surface area contributed by atoms with E-state index in [2.05, 4.69) is 27.3 Å². The average Bonchev–Trinajstić information content (AvgIpc) is 2.90. The monoisotopic (exact) mass is 564 g/mol. The lowest BCUT2D eigenvalue weighted by Crippen LogP contribution is -2.24.